The van der Waals surface area contributed by atoms with Gasteiger partial charge in [0.15, 0.2) is 0 Å². The minimum Gasteiger partial charge on any atom is -0.501 e. The number of hydrogen-bond donors (Lipinski definition) is 1. The number of likely N-dealkylation sites (tertiary alicyclic amines) is 1. The quantitative estimate of drug-likeness (QED) is 0.142. The lowest BCUT2D eigenvalue weighted by Crippen LogP contribution is -2.46. The second-order valence-electron chi connectivity index (χ2n) is 10.00. The van der Waals surface area contributed by atoms with Gasteiger partial charge in [-0.05, 0) is 75.0 Å². The third-order valence-electron chi connectivity index (χ3n) is 7.38. The van der Waals surface area contributed by atoms with E-state index in [2.05, 4.69) is 17.1 Å². The smallest absolute Gasteiger partial charge is 0.255 e. The first-order valence-electron chi connectivity index (χ1n) is 14.2. The van der Waals surface area contributed by atoms with E-state index < -0.39 is 6.04 Å². The van der Waals surface area contributed by atoms with E-state index in [4.69, 9.17) is 9.47 Å². The van der Waals surface area contributed by atoms with Gasteiger partial charge in [0.1, 0.15) is 18.1 Å². The van der Waals surface area contributed by atoms with Crippen molar-refractivity contribution in [3.63, 3.8) is 0 Å². The number of hydrogen-bond acceptors (Lipinski definition) is 6. The predicted octanol–water partition coefficient (Wildman–Crippen LogP) is 4.23. The number of unbranched alkanes of at least 4 members (excludes halogenated alkanes) is 1. The Bertz CT molecular complexity index is 1120. The summed E-state index contributed by atoms with van der Waals surface area (Å²) in [7, 11) is 1.52. The molecule has 2 aliphatic heterocycles. The maximum absolute atomic E-state index is 13.7. The second kappa shape index (κ2) is 16.1. The number of nitrogens with one attached hydrogen (secondary N) is 1. The lowest BCUT2D eigenvalue weighted by molar-refractivity contribution is -0.136. The van der Waals surface area contributed by atoms with Crippen molar-refractivity contribution in [2.45, 2.75) is 64.7 Å². The van der Waals surface area contributed by atoms with Crippen LogP contribution < -0.4 is 5.32 Å². The molecule has 1 saturated heterocycles. The highest BCUT2D eigenvalue weighted by Gasteiger charge is 2.38. The molecule has 0 spiro atoms. The Morgan fingerprint density at radius 3 is 2.88 bits per heavy atom. The van der Waals surface area contributed by atoms with Crippen molar-refractivity contribution >= 4 is 18.1 Å². The SMILES string of the molecule is C\C=C/C=C1/C(=O)N(C(CCC=O)C(=O)NC)C/C1=C\OCCCCN(CC)CC[C@H]1OCc2ccc(F)cc21. The Kier molecular flexibility index (Phi) is 12.6. The van der Waals surface area contributed by atoms with Gasteiger partial charge >= 0.3 is 0 Å². The Morgan fingerprint density at radius 1 is 1.32 bits per heavy atom. The molecule has 2 aliphatic rings. The van der Waals surface area contributed by atoms with E-state index in [1.54, 1.807) is 24.5 Å². The maximum atomic E-state index is 13.7. The first kappa shape index (κ1) is 31.2. The Balaban J connectivity index is 1.48. The first-order chi connectivity index (χ1) is 19.4. The van der Waals surface area contributed by atoms with Gasteiger partial charge < -0.3 is 29.4 Å². The van der Waals surface area contributed by atoms with E-state index in [0.717, 1.165) is 56.3 Å². The molecule has 0 aromatic heterocycles. The maximum Gasteiger partial charge on any atom is 0.255 e. The third-order valence-corrected chi connectivity index (χ3v) is 7.38. The average molecular weight is 556 g/mol. The van der Waals surface area contributed by atoms with Gasteiger partial charge in [0.05, 0.1) is 32.1 Å². The van der Waals surface area contributed by atoms with Crippen molar-refractivity contribution in [3.8, 4) is 0 Å². The van der Waals surface area contributed by atoms with Crippen molar-refractivity contribution in [1.82, 2.24) is 15.1 Å². The number of benzene rings is 1. The van der Waals surface area contributed by atoms with Crippen LogP contribution in [0.1, 0.15) is 63.2 Å². The number of allylic oxidation sites excluding steroid dienone is 3. The van der Waals surface area contributed by atoms with Gasteiger partial charge in [0, 0.05) is 31.2 Å². The zero-order valence-electron chi connectivity index (χ0n) is 23.9. The number of aldehydes is 1. The fourth-order valence-corrected chi connectivity index (χ4v) is 5.10. The van der Waals surface area contributed by atoms with Crippen LogP contribution in [0.25, 0.3) is 0 Å². The van der Waals surface area contributed by atoms with Crippen LogP contribution in [-0.4, -0.2) is 73.8 Å². The van der Waals surface area contributed by atoms with Crippen LogP contribution in [0.5, 0.6) is 0 Å². The Labute approximate surface area is 236 Å². The summed E-state index contributed by atoms with van der Waals surface area (Å²) in [5.74, 6) is -0.762. The summed E-state index contributed by atoms with van der Waals surface area (Å²) < 4.78 is 25.4. The minimum atomic E-state index is -0.718. The van der Waals surface area contributed by atoms with Crippen LogP contribution in [0.4, 0.5) is 4.39 Å². The molecule has 2 amide bonds. The monoisotopic (exact) mass is 555 g/mol. The van der Waals surface area contributed by atoms with Crippen LogP contribution >= 0.6 is 0 Å². The van der Waals surface area contributed by atoms with E-state index in [9.17, 15) is 18.8 Å². The van der Waals surface area contributed by atoms with Crippen LogP contribution in [-0.2, 0) is 30.5 Å². The second-order valence-corrected chi connectivity index (χ2v) is 10.00. The summed E-state index contributed by atoms with van der Waals surface area (Å²) in [4.78, 5) is 40.4. The van der Waals surface area contributed by atoms with Crippen molar-refractivity contribution < 1.29 is 28.2 Å². The van der Waals surface area contributed by atoms with Crippen molar-refractivity contribution in [1.29, 1.82) is 0 Å². The molecular weight excluding hydrogens is 513 g/mol. The van der Waals surface area contributed by atoms with Crippen LogP contribution in [0.2, 0.25) is 0 Å². The number of ether oxygens (including phenoxy) is 2. The Hall–Kier alpha value is -3.30. The summed E-state index contributed by atoms with van der Waals surface area (Å²) >= 11 is 0. The molecule has 3 rings (SSSR count). The molecule has 0 bridgehead atoms. The third kappa shape index (κ3) is 8.35. The molecule has 0 saturated carbocycles. The molecule has 40 heavy (non-hydrogen) atoms. The summed E-state index contributed by atoms with van der Waals surface area (Å²) in [6, 6.07) is 4.17. The molecule has 218 valence electrons. The summed E-state index contributed by atoms with van der Waals surface area (Å²) in [5, 5.41) is 2.60. The topological polar surface area (TPSA) is 88.2 Å². The molecule has 1 fully saturated rings. The van der Waals surface area contributed by atoms with Crippen LogP contribution in [0.3, 0.4) is 0 Å². The van der Waals surface area contributed by atoms with Crippen molar-refractivity contribution in [2.24, 2.45) is 0 Å². The molecule has 1 unspecified atom stereocenters. The molecule has 0 radical (unpaired) electrons. The molecule has 9 heteroatoms. The number of carbonyl (C=O) groups is 3. The van der Waals surface area contributed by atoms with Gasteiger partial charge in [0.25, 0.3) is 5.91 Å². The zero-order chi connectivity index (χ0) is 28.9. The van der Waals surface area contributed by atoms with E-state index in [0.29, 0.717) is 24.4 Å². The summed E-state index contributed by atoms with van der Waals surface area (Å²) in [5.41, 5.74) is 3.24. The number of nitrogens with zero attached hydrogens (tertiary/aromatic N) is 2. The number of likely N-dealkylation sites (N-methyl/N-ethyl adjacent to an activating group) is 1. The van der Waals surface area contributed by atoms with Crippen molar-refractivity contribution in [2.75, 3.05) is 39.8 Å². The van der Waals surface area contributed by atoms with Gasteiger partial charge in [-0.1, -0.05) is 25.1 Å². The number of amides is 2. The highest BCUT2D eigenvalue weighted by Crippen LogP contribution is 2.33. The van der Waals surface area contributed by atoms with E-state index >= 15 is 0 Å². The molecule has 1 N–H and O–H groups in total. The fraction of sp³-hybridized carbons (Fsp3) is 0.516. The van der Waals surface area contributed by atoms with Crippen molar-refractivity contribution in [3.05, 3.63) is 70.8 Å². The predicted molar refractivity (Wildman–Crippen MR) is 152 cm³/mol. The highest BCUT2D eigenvalue weighted by molar-refractivity contribution is 6.04. The van der Waals surface area contributed by atoms with Gasteiger partial charge in [-0.15, -0.1) is 0 Å². The fourth-order valence-electron chi connectivity index (χ4n) is 5.10. The molecule has 1 aromatic carbocycles. The van der Waals surface area contributed by atoms with E-state index in [1.807, 2.05) is 19.1 Å². The largest absolute Gasteiger partial charge is 0.501 e. The number of rotatable bonds is 16. The minimum absolute atomic E-state index is 0.0605. The standard InChI is InChI=1S/C31H42FN3O5/c1-4-6-10-26-24(20-35(31(26)38)28(11-9-17-36)30(37)33-3)21-39-18-8-7-15-34(5-2)16-14-29-27-19-25(32)13-12-23(27)22-40-29/h4,6,10,12-13,17,19,21,28-29H,5,7-9,11,14-16,18,20,22H2,1-3H3,(H,33,37)/b6-4-,24-21+,26-10+/t28?,29-/m1/s1. The lowest BCUT2D eigenvalue weighted by atomic mass is 10.0. The first-order valence-corrected chi connectivity index (χ1v) is 14.2. The number of carbonyl (C=O) groups excluding carboxylic acids is 3. The molecule has 2 atom stereocenters. The van der Waals surface area contributed by atoms with Crippen LogP contribution in [0.15, 0.2) is 53.8 Å². The van der Waals surface area contributed by atoms with Gasteiger partial charge in [0.2, 0.25) is 5.91 Å². The normalized spacial score (nSPS) is 19.7. The highest BCUT2D eigenvalue weighted by atomic mass is 19.1. The van der Waals surface area contributed by atoms with Gasteiger partial charge in [-0.3, -0.25) is 9.59 Å². The number of fused-ring (bicyclic) bond motifs is 1. The van der Waals surface area contributed by atoms with E-state index in [-0.39, 0.29) is 43.1 Å². The summed E-state index contributed by atoms with van der Waals surface area (Å²) in [6.45, 7) is 8.00. The Morgan fingerprint density at radius 2 is 2.15 bits per heavy atom. The lowest BCUT2D eigenvalue weighted by Gasteiger charge is -2.25. The van der Waals surface area contributed by atoms with Crippen LogP contribution in [0, 0.1) is 5.82 Å². The zero-order valence-corrected chi connectivity index (χ0v) is 23.9. The van der Waals surface area contributed by atoms with E-state index in [1.165, 1.54) is 18.0 Å². The number of halogens is 1. The molecular formula is C31H42FN3O5. The average Bonchev–Trinajstić information content (AvgIpc) is 3.50. The molecule has 1 aromatic rings. The summed E-state index contributed by atoms with van der Waals surface area (Å²) in [6.07, 6.45) is 10.8. The molecule has 8 nitrogen and oxygen atoms in total. The molecule has 0 aliphatic carbocycles. The molecule has 2 heterocycles. The van der Waals surface area contributed by atoms with Gasteiger partial charge in [-0.25, -0.2) is 4.39 Å². The van der Waals surface area contributed by atoms with Gasteiger partial charge in [-0.2, -0.15) is 0 Å².